The molecule has 0 aliphatic carbocycles. The van der Waals surface area contributed by atoms with Gasteiger partial charge in [0.2, 0.25) is 0 Å². The number of nitrogens with zero attached hydrogens (tertiary/aromatic N) is 1. The van der Waals surface area contributed by atoms with Crippen molar-refractivity contribution in [2.45, 2.75) is 39.2 Å². The molecule has 160 valence electrons. The minimum absolute atomic E-state index is 0.426. The van der Waals surface area contributed by atoms with Gasteiger partial charge in [-0.2, -0.15) is 0 Å². The number of unbranched alkanes of at least 4 members (excludes halogenated alkanes) is 3. The molecule has 2 nitrogen and oxygen atoms in total. The lowest BCUT2D eigenvalue weighted by atomic mass is 9.92. The third-order valence-electron chi connectivity index (χ3n) is 6.44. The van der Waals surface area contributed by atoms with Crippen LogP contribution in [0.3, 0.4) is 0 Å². The monoisotopic (exact) mass is 439 g/mol. The Bertz CT molecular complexity index is 1450. The predicted octanol–water partition coefficient (Wildman–Crippen LogP) is 8.57. The number of hydrogen-bond donors (Lipinski definition) is 0. The maximum absolute atomic E-state index is 12.2. The van der Waals surface area contributed by atoms with Crippen LogP contribution in [0, 0.1) is 0 Å². The standard InChI is InChI=1S/C29H26ClNO/c1-2-3-4-11-18-31-26-17-10-9-16-24(26)28-22-14-7-5-12-20(22)25(19-27(28)31)21-13-6-8-15-23(21)29(30)32/h5-10,12-17,19H,2-4,11,18H2,1H3. The predicted molar refractivity (Wildman–Crippen MR) is 137 cm³/mol. The number of carbonyl (C=O) groups excluding carboxylic acids is 1. The van der Waals surface area contributed by atoms with E-state index in [2.05, 4.69) is 66.1 Å². The molecule has 0 amide bonds. The summed E-state index contributed by atoms with van der Waals surface area (Å²) in [5.41, 5.74) is 4.96. The molecule has 3 heteroatoms. The van der Waals surface area contributed by atoms with E-state index in [-0.39, 0.29) is 0 Å². The SMILES string of the molecule is CCCCCCn1c2ccccc2c2c3ccccc3c(-c3ccccc3C(=O)Cl)cc21. The third-order valence-corrected chi connectivity index (χ3v) is 6.65. The van der Waals surface area contributed by atoms with Gasteiger partial charge in [-0.1, -0.05) is 86.8 Å². The second kappa shape index (κ2) is 8.80. The first-order chi connectivity index (χ1) is 15.7. The molecule has 0 unspecified atom stereocenters. The average Bonchev–Trinajstić information content (AvgIpc) is 3.15. The molecule has 0 aliphatic rings. The minimum atomic E-state index is -0.426. The van der Waals surface area contributed by atoms with Crippen LogP contribution >= 0.6 is 11.6 Å². The zero-order valence-corrected chi connectivity index (χ0v) is 19.0. The van der Waals surface area contributed by atoms with Crippen LogP contribution in [0.2, 0.25) is 0 Å². The first-order valence-corrected chi connectivity index (χ1v) is 11.8. The lowest BCUT2D eigenvalue weighted by Gasteiger charge is -2.13. The summed E-state index contributed by atoms with van der Waals surface area (Å²) in [6, 6.07) is 27.1. The quantitative estimate of drug-likeness (QED) is 0.184. The van der Waals surface area contributed by atoms with Gasteiger partial charge in [-0.25, -0.2) is 0 Å². The second-order valence-corrected chi connectivity index (χ2v) is 8.76. The Morgan fingerprint density at radius 2 is 1.44 bits per heavy atom. The van der Waals surface area contributed by atoms with Crippen molar-refractivity contribution in [1.29, 1.82) is 0 Å². The molecule has 0 saturated carbocycles. The van der Waals surface area contributed by atoms with Gasteiger partial charge in [0.15, 0.2) is 0 Å². The Kier molecular flexibility index (Phi) is 5.71. The number of benzene rings is 4. The van der Waals surface area contributed by atoms with Crippen LogP contribution in [-0.4, -0.2) is 9.81 Å². The molecule has 0 fully saturated rings. The lowest BCUT2D eigenvalue weighted by Crippen LogP contribution is -1.99. The van der Waals surface area contributed by atoms with E-state index in [1.807, 2.05) is 24.3 Å². The summed E-state index contributed by atoms with van der Waals surface area (Å²) in [6.07, 6.45) is 4.87. The Labute approximate surface area is 193 Å². The fourth-order valence-corrected chi connectivity index (χ4v) is 5.12. The second-order valence-electron chi connectivity index (χ2n) is 8.41. The maximum Gasteiger partial charge on any atom is 0.253 e. The van der Waals surface area contributed by atoms with Crippen molar-refractivity contribution in [2.75, 3.05) is 0 Å². The highest BCUT2D eigenvalue weighted by atomic mass is 35.5. The number of para-hydroxylation sites is 1. The molecule has 5 aromatic rings. The van der Waals surface area contributed by atoms with E-state index in [0.717, 1.165) is 29.5 Å². The van der Waals surface area contributed by atoms with E-state index in [1.54, 1.807) is 0 Å². The summed E-state index contributed by atoms with van der Waals surface area (Å²) >= 11 is 5.98. The average molecular weight is 440 g/mol. The van der Waals surface area contributed by atoms with E-state index in [9.17, 15) is 4.79 Å². The van der Waals surface area contributed by atoms with Gasteiger partial charge in [-0.05, 0) is 58.1 Å². The Balaban J connectivity index is 1.85. The van der Waals surface area contributed by atoms with Gasteiger partial charge in [0.05, 0.1) is 5.52 Å². The van der Waals surface area contributed by atoms with Crippen LogP contribution in [0.1, 0.15) is 43.0 Å². The Morgan fingerprint density at radius 1 is 0.750 bits per heavy atom. The van der Waals surface area contributed by atoms with Crippen molar-refractivity contribution in [3.63, 3.8) is 0 Å². The van der Waals surface area contributed by atoms with Crippen molar-refractivity contribution >= 4 is 49.4 Å². The van der Waals surface area contributed by atoms with Crippen LogP contribution in [0.25, 0.3) is 43.7 Å². The molecule has 0 saturated heterocycles. The Hall–Kier alpha value is -3.10. The molecule has 0 spiro atoms. The number of rotatable bonds is 7. The summed E-state index contributed by atoms with van der Waals surface area (Å²) in [5.74, 6) is 0. The highest BCUT2D eigenvalue weighted by molar-refractivity contribution is 6.68. The van der Waals surface area contributed by atoms with E-state index in [0.29, 0.717) is 5.56 Å². The largest absolute Gasteiger partial charge is 0.340 e. The summed E-state index contributed by atoms with van der Waals surface area (Å²) in [7, 11) is 0. The highest BCUT2D eigenvalue weighted by Crippen LogP contribution is 2.41. The zero-order valence-electron chi connectivity index (χ0n) is 18.3. The van der Waals surface area contributed by atoms with E-state index in [4.69, 9.17) is 11.6 Å². The number of aryl methyl sites for hydroxylation is 1. The van der Waals surface area contributed by atoms with E-state index < -0.39 is 5.24 Å². The first-order valence-electron chi connectivity index (χ1n) is 11.4. The molecular weight excluding hydrogens is 414 g/mol. The fraction of sp³-hybridized carbons (Fsp3) is 0.207. The summed E-state index contributed by atoms with van der Waals surface area (Å²) in [5, 5.41) is 4.48. The topological polar surface area (TPSA) is 22.0 Å². The smallest absolute Gasteiger partial charge is 0.253 e. The number of fused-ring (bicyclic) bond motifs is 5. The van der Waals surface area contributed by atoms with Crippen molar-refractivity contribution < 1.29 is 4.79 Å². The van der Waals surface area contributed by atoms with Crippen LogP contribution in [0.4, 0.5) is 0 Å². The minimum Gasteiger partial charge on any atom is -0.340 e. The van der Waals surface area contributed by atoms with Crippen molar-refractivity contribution in [3.05, 3.63) is 84.4 Å². The molecule has 0 radical (unpaired) electrons. The summed E-state index contributed by atoms with van der Waals surface area (Å²) < 4.78 is 2.46. The molecule has 4 aromatic carbocycles. The van der Waals surface area contributed by atoms with Crippen molar-refractivity contribution in [1.82, 2.24) is 4.57 Å². The Morgan fingerprint density at radius 3 is 2.22 bits per heavy atom. The van der Waals surface area contributed by atoms with Crippen LogP contribution in [-0.2, 0) is 6.54 Å². The molecule has 1 aromatic heterocycles. The summed E-state index contributed by atoms with van der Waals surface area (Å²) in [6.45, 7) is 3.23. The molecule has 5 rings (SSSR count). The molecule has 0 aliphatic heterocycles. The fourth-order valence-electron chi connectivity index (χ4n) is 4.96. The highest BCUT2D eigenvalue weighted by Gasteiger charge is 2.18. The number of aromatic nitrogens is 1. The van der Waals surface area contributed by atoms with E-state index in [1.165, 1.54) is 46.5 Å². The molecule has 0 bridgehead atoms. The van der Waals surface area contributed by atoms with Crippen molar-refractivity contribution in [2.24, 2.45) is 0 Å². The molecule has 1 heterocycles. The molecular formula is C29H26ClNO. The molecule has 32 heavy (non-hydrogen) atoms. The van der Waals surface area contributed by atoms with E-state index >= 15 is 0 Å². The third kappa shape index (κ3) is 3.49. The normalized spacial score (nSPS) is 11.6. The molecule has 0 atom stereocenters. The number of hydrogen-bond acceptors (Lipinski definition) is 1. The van der Waals surface area contributed by atoms with Crippen LogP contribution in [0.15, 0.2) is 78.9 Å². The van der Waals surface area contributed by atoms with Gasteiger partial charge in [0, 0.05) is 28.4 Å². The van der Waals surface area contributed by atoms with Gasteiger partial charge in [0.1, 0.15) is 0 Å². The van der Waals surface area contributed by atoms with Gasteiger partial charge in [0.25, 0.3) is 5.24 Å². The van der Waals surface area contributed by atoms with Crippen LogP contribution < -0.4 is 0 Å². The zero-order chi connectivity index (χ0) is 22.1. The number of carbonyl (C=O) groups is 1. The van der Waals surface area contributed by atoms with Crippen LogP contribution in [0.5, 0.6) is 0 Å². The van der Waals surface area contributed by atoms with Crippen molar-refractivity contribution in [3.8, 4) is 11.1 Å². The van der Waals surface area contributed by atoms with Gasteiger partial charge >= 0.3 is 0 Å². The maximum atomic E-state index is 12.2. The number of halogens is 1. The van der Waals surface area contributed by atoms with Gasteiger partial charge < -0.3 is 4.57 Å². The van der Waals surface area contributed by atoms with Gasteiger partial charge in [-0.15, -0.1) is 0 Å². The van der Waals surface area contributed by atoms with Gasteiger partial charge in [-0.3, -0.25) is 4.79 Å². The first kappa shape index (κ1) is 20.8. The summed E-state index contributed by atoms with van der Waals surface area (Å²) in [4.78, 5) is 12.2. The molecule has 0 N–H and O–H groups in total. The lowest BCUT2D eigenvalue weighted by molar-refractivity contribution is 0.108.